The second kappa shape index (κ2) is 2.95. The molecule has 0 saturated heterocycles. The van der Waals surface area contributed by atoms with E-state index < -0.39 is 5.69 Å². The number of hydrogen-bond acceptors (Lipinski definition) is 6. The molecule has 7 nitrogen and oxygen atoms in total. The Morgan fingerprint density at radius 1 is 1.40 bits per heavy atom. The number of aromatic amines is 1. The lowest BCUT2D eigenvalue weighted by atomic mass is 10.2. The van der Waals surface area contributed by atoms with E-state index in [1.807, 2.05) is 6.07 Å². The highest BCUT2D eigenvalue weighted by Gasteiger charge is 2.07. The van der Waals surface area contributed by atoms with Crippen molar-refractivity contribution in [3.63, 3.8) is 0 Å². The number of nitrogens with one attached hydrogen (secondary N) is 1. The van der Waals surface area contributed by atoms with Crippen molar-refractivity contribution in [3.05, 3.63) is 22.1 Å². The number of H-pyrrole nitrogens is 1. The summed E-state index contributed by atoms with van der Waals surface area (Å²) in [4.78, 5) is 20.7. The molecule has 74 valence electrons. The van der Waals surface area contributed by atoms with E-state index in [4.69, 9.17) is 16.7 Å². The predicted molar refractivity (Wildman–Crippen MR) is 53.7 cm³/mol. The van der Waals surface area contributed by atoms with E-state index in [9.17, 15) is 4.79 Å². The normalized spacial score (nSPS) is 10.1. The van der Waals surface area contributed by atoms with E-state index in [0.29, 0.717) is 5.39 Å². The van der Waals surface area contributed by atoms with Crippen molar-refractivity contribution >= 4 is 22.7 Å². The number of nitrogen functional groups attached to an aromatic ring is 2. The molecular weight excluding hydrogens is 196 g/mol. The maximum atomic E-state index is 11.0. The first kappa shape index (κ1) is 8.96. The van der Waals surface area contributed by atoms with Crippen LogP contribution < -0.4 is 17.2 Å². The fraction of sp³-hybridized carbons (Fsp3) is 0. The van der Waals surface area contributed by atoms with Crippen LogP contribution in [0, 0.1) is 11.3 Å². The van der Waals surface area contributed by atoms with Crippen LogP contribution >= 0.6 is 0 Å². The van der Waals surface area contributed by atoms with Gasteiger partial charge in [0.2, 0.25) is 0 Å². The Hall–Kier alpha value is -2.62. The number of pyridine rings is 1. The van der Waals surface area contributed by atoms with Crippen molar-refractivity contribution < 1.29 is 0 Å². The summed E-state index contributed by atoms with van der Waals surface area (Å²) in [6.45, 7) is 0. The molecule has 7 heteroatoms. The van der Waals surface area contributed by atoms with Gasteiger partial charge in [-0.25, -0.2) is 9.78 Å². The third-order valence-electron chi connectivity index (χ3n) is 1.89. The second-order valence-electron chi connectivity index (χ2n) is 2.86. The molecule has 15 heavy (non-hydrogen) atoms. The third-order valence-corrected chi connectivity index (χ3v) is 1.89. The van der Waals surface area contributed by atoms with Crippen LogP contribution in [0.5, 0.6) is 0 Å². The quantitative estimate of drug-likeness (QED) is 0.519. The number of nitriles is 1. The molecule has 0 radical (unpaired) electrons. The van der Waals surface area contributed by atoms with E-state index in [-0.39, 0.29) is 22.8 Å². The number of anilines is 2. The number of hydrogen-bond donors (Lipinski definition) is 3. The van der Waals surface area contributed by atoms with Gasteiger partial charge < -0.3 is 11.5 Å². The van der Waals surface area contributed by atoms with Gasteiger partial charge in [0.1, 0.15) is 17.7 Å². The summed E-state index contributed by atoms with van der Waals surface area (Å²) in [5.74, 6) is 0.150. The fourth-order valence-corrected chi connectivity index (χ4v) is 1.20. The molecule has 2 aromatic rings. The van der Waals surface area contributed by atoms with E-state index in [0.717, 1.165) is 0 Å². The summed E-state index contributed by atoms with van der Waals surface area (Å²) >= 11 is 0. The van der Waals surface area contributed by atoms with Gasteiger partial charge in [-0.15, -0.1) is 0 Å². The molecule has 2 heterocycles. The minimum atomic E-state index is -0.600. The van der Waals surface area contributed by atoms with Gasteiger partial charge in [-0.2, -0.15) is 10.2 Å². The van der Waals surface area contributed by atoms with E-state index in [1.54, 1.807) is 0 Å². The number of nitrogens with zero attached hydrogens (tertiary/aromatic N) is 3. The van der Waals surface area contributed by atoms with Gasteiger partial charge in [0.25, 0.3) is 0 Å². The van der Waals surface area contributed by atoms with Crippen molar-refractivity contribution in [3.8, 4) is 6.07 Å². The lowest BCUT2D eigenvalue weighted by Gasteiger charge is -2.01. The lowest BCUT2D eigenvalue weighted by Crippen LogP contribution is -2.14. The van der Waals surface area contributed by atoms with E-state index in [2.05, 4.69) is 15.0 Å². The molecule has 5 N–H and O–H groups in total. The third kappa shape index (κ3) is 1.34. The Labute approximate surface area is 83.4 Å². The first-order chi connectivity index (χ1) is 7.11. The highest BCUT2D eigenvalue weighted by Crippen LogP contribution is 2.18. The Morgan fingerprint density at radius 3 is 2.80 bits per heavy atom. The van der Waals surface area contributed by atoms with Crippen LogP contribution in [0.4, 0.5) is 11.6 Å². The summed E-state index contributed by atoms with van der Waals surface area (Å²) in [7, 11) is 0. The molecule has 2 rings (SSSR count). The minimum absolute atomic E-state index is 0.0301. The molecule has 0 aromatic carbocycles. The number of nitrogens with two attached hydrogens (primary N) is 2. The zero-order valence-corrected chi connectivity index (χ0v) is 7.48. The molecule has 0 fully saturated rings. The zero-order valence-electron chi connectivity index (χ0n) is 7.48. The number of fused-ring (bicyclic) bond motifs is 1. The van der Waals surface area contributed by atoms with Gasteiger partial charge in [0, 0.05) is 0 Å². The first-order valence-electron chi connectivity index (χ1n) is 3.98. The molecule has 0 aliphatic heterocycles. The van der Waals surface area contributed by atoms with Crippen molar-refractivity contribution in [2.75, 3.05) is 11.5 Å². The first-order valence-corrected chi connectivity index (χ1v) is 3.98. The predicted octanol–water partition coefficient (Wildman–Crippen LogP) is -0.646. The van der Waals surface area contributed by atoms with E-state index in [1.165, 1.54) is 6.07 Å². The standard InChI is InChI=1S/C8H6N6O/c9-2-3-1-4-6(11)13-8(15)14-7(4)12-5(3)10/h1H,(H5,10,11,12,13,14,15). The molecule has 2 aromatic heterocycles. The second-order valence-corrected chi connectivity index (χ2v) is 2.86. The maximum absolute atomic E-state index is 11.0. The highest BCUT2D eigenvalue weighted by molar-refractivity contribution is 5.87. The fourth-order valence-electron chi connectivity index (χ4n) is 1.20. The molecule has 0 atom stereocenters. The molecule has 0 aliphatic rings. The van der Waals surface area contributed by atoms with Crippen LogP contribution in [0.2, 0.25) is 0 Å². The van der Waals surface area contributed by atoms with Gasteiger partial charge in [-0.1, -0.05) is 0 Å². The van der Waals surface area contributed by atoms with Gasteiger partial charge in [0.15, 0.2) is 5.65 Å². The topological polar surface area (TPSA) is 134 Å². The summed E-state index contributed by atoms with van der Waals surface area (Å²) in [6, 6.07) is 3.31. The SMILES string of the molecule is N#Cc1cc2c(N)[nH]c(=O)nc2nc1N. The van der Waals surface area contributed by atoms with Crippen LogP contribution in [0.25, 0.3) is 11.0 Å². The van der Waals surface area contributed by atoms with Gasteiger partial charge in [-0.3, -0.25) is 4.98 Å². The lowest BCUT2D eigenvalue weighted by molar-refractivity contribution is 1.10. The Kier molecular flexibility index (Phi) is 1.76. The van der Waals surface area contributed by atoms with Crippen LogP contribution in [0.1, 0.15) is 5.56 Å². The van der Waals surface area contributed by atoms with Crippen molar-refractivity contribution in [1.29, 1.82) is 5.26 Å². The smallest absolute Gasteiger partial charge is 0.348 e. The molecular formula is C8H6N6O. The Balaban J connectivity index is 2.95. The van der Waals surface area contributed by atoms with Crippen molar-refractivity contribution in [2.24, 2.45) is 0 Å². The Morgan fingerprint density at radius 2 is 2.13 bits per heavy atom. The van der Waals surface area contributed by atoms with Crippen LogP contribution in [0.15, 0.2) is 10.9 Å². The van der Waals surface area contributed by atoms with Crippen LogP contribution in [0.3, 0.4) is 0 Å². The van der Waals surface area contributed by atoms with Gasteiger partial charge >= 0.3 is 5.69 Å². The van der Waals surface area contributed by atoms with E-state index >= 15 is 0 Å². The number of rotatable bonds is 0. The molecule has 0 spiro atoms. The Bertz CT molecular complexity index is 638. The molecule has 0 unspecified atom stereocenters. The maximum Gasteiger partial charge on any atom is 0.348 e. The summed E-state index contributed by atoms with van der Waals surface area (Å²) in [5, 5.41) is 9.12. The average molecular weight is 202 g/mol. The molecule has 0 saturated carbocycles. The zero-order chi connectivity index (χ0) is 11.0. The monoisotopic (exact) mass is 202 g/mol. The summed E-state index contributed by atoms with van der Waals surface area (Å²) in [6.07, 6.45) is 0. The van der Waals surface area contributed by atoms with Crippen LogP contribution in [-0.4, -0.2) is 15.0 Å². The summed E-state index contributed by atoms with van der Waals surface area (Å²) < 4.78 is 0. The number of aromatic nitrogens is 3. The molecule has 0 aliphatic carbocycles. The van der Waals surface area contributed by atoms with Crippen molar-refractivity contribution in [1.82, 2.24) is 15.0 Å². The van der Waals surface area contributed by atoms with Gasteiger partial charge in [0.05, 0.1) is 10.9 Å². The average Bonchev–Trinajstić information content (AvgIpc) is 2.16. The summed E-state index contributed by atoms with van der Waals surface area (Å²) in [5.41, 5.74) is 10.7. The largest absolute Gasteiger partial charge is 0.385 e. The highest BCUT2D eigenvalue weighted by atomic mass is 16.1. The van der Waals surface area contributed by atoms with Crippen LogP contribution in [-0.2, 0) is 0 Å². The molecule has 0 bridgehead atoms. The van der Waals surface area contributed by atoms with Gasteiger partial charge in [-0.05, 0) is 6.07 Å². The van der Waals surface area contributed by atoms with Crippen molar-refractivity contribution in [2.45, 2.75) is 0 Å². The minimum Gasteiger partial charge on any atom is -0.385 e. The molecule has 0 amide bonds.